The Morgan fingerprint density at radius 1 is 1.45 bits per heavy atom. The number of carbonyl (C=O) groups excluding carboxylic acids is 3. The Kier molecular flexibility index (Phi) is 4.38. The SMILES string of the molecule is CC(=O)COC(=O)[C@@H]1N2C(=O)C(I)(I)[C@H]2[S+]([O-])C1(C)C. The highest BCUT2D eigenvalue weighted by atomic mass is 127. The van der Waals surface area contributed by atoms with E-state index in [1.165, 1.54) is 11.8 Å². The Bertz CT molecular complexity index is 495. The van der Waals surface area contributed by atoms with Crippen LogP contribution in [0.2, 0.25) is 0 Å². The number of ketones is 1. The first-order chi connectivity index (χ1) is 9.02. The lowest BCUT2D eigenvalue weighted by molar-refractivity contribution is -0.161. The molecule has 0 aromatic carbocycles. The fourth-order valence-electron chi connectivity index (χ4n) is 2.36. The minimum Gasteiger partial charge on any atom is -0.614 e. The van der Waals surface area contributed by atoms with Gasteiger partial charge in [-0.15, -0.1) is 0 Å². The molecule has 112 valence electrons. The van der Waals surface area contributed by atoms with E-state index in [0.717, 1.165) is 0 Å². The Labute approximate surface area is 146 Å². The van der Waals surface area contributed by atoms with Crippen LogP contribution in [-0.4, -0.2) is 51.3 Å². The molecule has 0 N–H and O–H groups in total. The molecule has 2 aliphatic heterocycles. The van der Waals surface area contributed by atoms with Crippen LogP contribution in [0.25, 0.3) is 0 Å². The number of Topliss-reactive ketones (excluding diaryl/α,β-unsaturated/α-hetero) is 1. The number of β-lactam (4-membered cyclic amide) rings is 1. The summed E-state index contributed by atoms with van der Waals surface area (Å²) < 4.78 is 15.8. The van der Waals surface area contributed by atoms with Crippen LogP contribution in [0.1, 0.15) is 20.8 Å². The zero-order chi connectivity index (χ0) is 15.5. The van der Waals surface area contributed by atoms with E-state index in [-0.39, 0.29) is 18.3 Å². The summed E-state index contributed by atoms with van der Waals surface area (Å²) in [6, 6.07) is -0.905. The van der Waals surface area contributed by atoms with E-state index in [9.17, 15) is 18.9 Å². The zero-order valence-corrected chi connectivity index (χ0v) is 16.1. The first-order valence-corrected chi connectivity index (χ1v) is 9.17. The Hall–Kier alpha value is 0.380. The number of carbonyl (C=O) groups is 3. The number of rotatable bonds is 3. The van der Waals surface area contributed by atoms with E-state index in [0.29, 0.717) is 0 Å². The molecule has 0 aromatic heterocycles. The van der Waals surface area contributed by atoms with E-state index in [4.69, 9.17) is 4.74 Å². The van der Waals surface area contributed by atoms with Crippen molar-refractivity contribution in [3.05, 3.63) is 0 Å². The number of fused-ring (bicyclic) bond motifs is 1. The van der Waals surface area contributed by atoms with Gasteiger partial charge >= 0.3 is 5.97 Å². The van der Waals surface area contributed by atoms with Crippen molar-refractivity contribution in [3.8, 4) is 0 Å². The largest absolute Gasteiger partial charge is 0.614 e. The molecule has 0 aromatic rings. The van der Waals surface area contributed by atoms with Gasteiger partial charge in [0.15, 0.2) is 16.6 Å². The van der Waals surface area contributed by atoms with Gasteiger partial charge in [-0.2, -0.15) is 0 Å². The summed E-state index contributed by atoms with van der Waals surface area (Å²) in [6.07, 6.45) is 0. The van der Waals surface area contributed by atoms with Crippen molar-refractivity contribution in [2.75, 3.05) is 6.61 Å². The third kappa shape index (κ3) is 2.28. The smallest absolute Gasteiger partial charge is 0.335 e. The third-order valence-corrected chi connectivity index (χ3v) is 8.58. The van der Waals surface area contributed by atoms with Gasteiger partial charge in [0.25, 0.3) is 5.91 Å². The number of alkyl halides is 2. The highest BCUT2D eigenvalue weighted by Crippen LogP contribution is 2.57. The molecule has 2 aliphatic rings. The van der Waals surface area contributed by atoms with Crippen LogP contribution in [-0.2, 0) is 30.3 Å². The van der Waals surface area contributed by atoms with E-state index in [2.05, 4.69) is 0 Å². The topological polar surface area (TPSA) is 86.7 Å². The number of amides is 1. The molecule has 9 heteroatoms. The lowest BCUT2D eigenvalue weighted by Gasteiger charge is -2.44. The van der Waals surface area contributed by atoms with Gasteiger partial charge in [-0.25, -0.2) is 4.79 Å². The summed E-state index contributed by atoms with van der Waals surface area (Å²) >= 11 is 2.56. The maximum atomic E-state index is 12.5. The summed E-state index contributed by atoms with van der Waals surface area (Å²) in [5.74, 6) is -1.18. The first kappa shape index (κ1) is 16.7. The fourth-order valence-corrected chi connectivity index (χ4v) is 6.71. The number of ether oxygens (including phenoxy) is 1. The van der Waals surface area contributed by atoms with Crippen LogP contribution in [0.15, 0.2) is 0 Å². The number of halogens is 2. The minimum absolute atomic E-state index is 0.229. The van der Waals surface area contributed by atoms with Crippen LogP contribution >= 0.6 is 45.2 Å². The average molecular weight is 525 g/mol. The Morgan fingerprint density at radius 2 is 2.00 bits per heavy atom. The third-order valence-electron chi connectivity index (χ3n) is 3.38. The molecule has 0 bridgehead atoms. The lowest BCUT2D eigenvalue weighted by atomic mass is 9.98. The molecule has 0 spiro atoms. The summed E-state index contributed by atoms with van der Waals surface area (Å²) in [5.41, 5.74) is 0. The number of hydrogen-bond donors (Lipinski definition) is 0. The molecular formula is C11H13I2NO5S. The van der Waals surface area contributed by atoms with E-state index >= 15 is 0 Å². The molecule has 3 atom stereocenters. The summed E-state index contributed by atoms with van der Waals surface area (Å²) in [5, 5.41) is -0.499. The van der Waals surface area contributed by atoms with Gasteiger partial charge in [-0.05, 0) is 77.1 Å². The maximum Gasteiger partial charge on any atom is 0.335 e. The predicted molar refractivity (Wildman–Crippen MR) is 89.1 cm³/mol. The van der Waals surface area contributed by atoms with Crippen molar-refractivity contribution in [2.45, 2.75) is 38.4 Å². The normalized spacial score (nSPS) is 33.4. The summed E-state index contributed by atoms with van der Waals surface area (Å²) in [4.78, 5) is 36.5. The molecule has 6 nitrogen and oxygen atoms in total. The molecule has 0 saturated carbocycles. The second kappa shape index (κ2) is 5.23. The molecule has 2 saturated heterocycles. The van der Waals surface area contributed by atoms with Gasteiger partial charge in [-0.3, -0.25) is 14.5 Å². The van der Waals surface area contributed by atoms with Gasteiger partial charge in [0.1, 0.15) is 6.61 Å². The summed E-state index contributed by atoms with van der Waals surface area (Å²) in [7, 11) is 0. The fraction of sp³-hybridized carbons (Fsp3) is 0.727. The molecule has 1 unspecified atom stereocenters. The van der Waals surface area contributed by atoms with Gasteiger partial charge in [0, 0.05) is 0 Å². The molecule has 2 heterocycles. The van der Waals surface area contributed by atoms with Crippen molar-refractivity contribution in [1.82, 2.24) is 4.90 Å². The van der Waals surface area contributed by atoms with Crippen LogP contribution < -0.4 is 0 Å². The minimum atomic E-state index is -1.37. The summed E-state index contributed by atoms with van der Waals surface area (Å²) in [6.45, 7) is 4.34. The second-order valence-corrected chi connectivity index (χ2v) is 12.9. The maximum absolute atomic E-state index is 12.5. The van der Waals surface area contributed by atoms with Gasteiger partial charge in [0.2, 0.25) is 6.80 Å². The second-order valence-electron chi connectivity index (χ2n) is 5.30. The van der Waals surface area contributed by atoms with E-state index in [1.54, 1.807) is 13.8 Å². The van der Waals surface area contributed by atoms with Gasteiger partial charge in [-0.1, -0.05) is 0 Å². The molecule has 2 rings (SSSR count). The van der Waals surface area contributed by atoms with Crippen LogP contribution in [0.4, 0.5) is 0 Å². The quantitative estimate of drug-likeness (QED) is 0.179. The molecule has 1 amide bonds. The lowest BCUT2D eigenvalue weighted by Crippen LogP contribution is -2.69. The van der Waals surface area contributed by atoms with Crippen LogP contribution in [0.5, 0.6) is 0 Å². The number of hydrogen-bond acceptors (Lipinski definition) is 5. The predicted octanol–water partition coefficient (Wildman–Crippen LogP) is 0.763. The van der Waals surface area contributed by atoms with Crippen molar-refractivity contribution in [1.29, 1.82) is 0 Å². The highest BCUT2D eigenvalue weighted by molar-refractivity contribution is 14.2. The van der Waals surface area contributed by atoms with Crippen molar-refractivity contribution < 1.29 is 23.7 Å². The molecule has 0 radical (unpaired) electrons. The molecular weight excluding hydrogens is 512 g/mol. The highest BCUT2D eigenvalue weighted by Gasteiger charge is 2.78. The van der Waals surface area contributed by atoms with Crippen molar-refractivity contribution in [2.24, 2.45) is 0 Å². The van der Waals surface area contributed by atoms with Crippen LogP contribution in [0, 0.1) is 0 Å². The van der Waals surface area contributed by atoms with E-state index < -0.39 is 34.7 Å². The Balaban J connectivity index is 2.27. The molecule has 0 aliphatic carbocycles. The van der Waals surface area contributed by atoms with Crippen molar-refractivity contribution in [3.63, 3.8) is 0 Å². The van der Waals surface area contributed by atoms with Crippen molar-refractivity contribution >= 4 is 74.0 Å². The van der Waals surface area contributed by atoms with E-state index in [1.807, 2.05) is 45.2 Å². The van der Waals surface area contributed by atoms with Crippen LogP contribution in [0.3, 0.4) is 0 Å². The zero-order valence-electron chi connectivity index (χ0n) is 11.0. The van der Waals surface area contributed by atoms with Gasteiger partial charge in [0.05, 0.1) is 0 Å². The molecule has 2 fully saturated rings. The molecule has 20 heavy (non-hydrogen) atoms. The number of esters is 1. The standard InChI is InChI=1S/C11H13I2NO5S/c1-5(15)4-19-7(16)6-10(2,3)20(18)9-11(12,13)8(17)14(6)9/h6,9H,4H2,1-3H3/t6-,9+,20?/m0/s1. The Morgan fingerprint density at radius 3 is 2.50 bits per heavy atom. The van der Waals surface area contributed by atoms with Gasteiger partial charge < -0.3 is 9.29 Å². The first-order valence-electron chi connectivity index (χ1n) is 5.80. The number of nitrogens with zero attached hydrogens (tertiary/aromatic N) is 1. The monoisotopic (exact) mass is 525 g/mol. The average Bonchev–Trinajstić information content (AvgIpc) is 2.53.